The minimum absolute atomic E-state index is 0.0157. The lowest BCUT2D eigenvalue weighted by Crippen LogP contribution is -2.48. The van der Waals surface area contributed by atoms with Gasteiger partial charge < -0.3 is 10.2 Å². The molecule has 4 nitrogen and oxygen atoms in total. The van der Waals surface area contributed by atoms with Crippen LogP contribution in [0.1, 0.15) is 25.0 Å². The Morgan fingerprint density at radius 3 is 2.25 bits per heavy atom. The molecule has 1 N–H and O–H groups in total. The second kappa shape index (κ2) is 10.4. The third kappa shape index (κ3) is 5.77. The van der Waals surface area contributed by atoms with Crippen molar-refractivity contribution in [3.05, 3.63) is 67.6 Å². The van der Waals surface area contributed by atoms with Gasteiger partial charge in [0.05, 0.1) is 6.42 Å². The van der Waals surface area contributed by atoms with Gasteiger partial charge in [0, 0.05) is 38.7 Å². The Balaban J connectivity index is 2.33. The number of carbonyl (C=O) groups is 2. The first-order valence-electron chi connectivity index (χ1n) is 8.68. The van der Waals surface area contributed by atoms with Crippen LogP contribution in [0.2, 0.25) is 20.1 Å². The van der Waals surface area contributed by atoms with Gasteiger partial charge in [-0.15, -0.1) is 0 Å². The average Bonchev–Trinajstić information content (AvgIpc) is 2.63. The van der Waals surface area contributed by atoms with Gasteiger partial charge in [-0.25, -0.2) is 0 Å². The minimum Gasteiger partial charge on any atom is -0.355 e. The van der Waals surface area contributed by atoms with Crippen LogP contribution in [0.3, 0.4) is 0 Å². The molecule has 0 saturated carbocycles. The summed E-state index contributed by atoms with van der Waals surface area (Å²) in [5.74, 6) is -0.541. The quantitative estimate of drug-likeness (QED) is 0.600. The van der Waals surface area contributed by atoms with Crippen LogP contribution in [-0.2, 0) is 22.6 Å². The Morgan fingerprint density at radius 1 is 1.04 bits per heavy atom. The standard InChI is InChI=1S/C20H20Cl4N2O2/c1-3-25-20(28)12(2)26(11-15-16(22)5-4-6-17(15)23)19(27)9-13-7-8-14(21)10-18(13)24/h4-8,10,12H,3,9,11H2,1-2H3,(H,25,28)/t12-/m1/s1. The third-order valence-electron chi connectivity index (χ3n) is 4.27. The summed E-state index contributed by atoms with van der Waals surface area (Å²) in [6, 6.07) is 9.33. The van der Waals surface area contributed by atoms with Gasteiger partial charge >= 0.3 is 0 Å². The van der Waals surface area contributed by atoms with E-state index in [0.717, 1.165) is 0 Å². The fraction of sp³-hybridized carbons (Fsp3) is 0.300. The third-order valence-corrected chi connectivity index (χ3v) is 5.56. The van der Waals surface area contributed by atoms with E-state index in [9.17, 15) is 9.59 Å². The summed E-state index contributed by atoms with van der Waals surface area (Å²) in [5, 5.41) is 4.47. The molecule has 0 aromatic heterocycles. The van der Waals surface area contributed by atoms with Gasteiger partial charge in [0.15, 0.2) is 0 Å². The van der Waals surface area contributed by atoms with Crippen molar-refractivity contribution in [1.82, 2.24) is 10.2 Å². The predicted octanol–water partition coefficient (Wildman–Crippen LogP) is 5.40. The van der Waals surface area contributed by atoms with Crippen LogP contribution >= 0.6 is 46.4 Å². The summed E-state index contributed by atoms with van der Waals surface area (Å²) in [4.78, 5) is 26.9. The molecule has 0 bridgehead atoms. The lowest BCUT2D eigenvalue weighted by atomic mass is 10.1. The summed E-state index contributed by atoms with van der Waals surface area (Å²) >= 11 is 24.7. The van der Waals surface area contributed by atoms with E-state index in [1.54, 1.807) is 43.3 Å². The largest absolute Gasteiger partial charge is 0.355 e. The van der Waals surface area contributed by atoms with Gasteiger partial charge in [-0.3, -0.25) is 9.59 Å². The average molecular weight is 462 g/mol. The van der Waals surface area contributed by atoms with Gasteiger partial charge in [0.25, 0.3) is 0 Å². The monoisotopic (exact) mass is 460 g/mol. The fourth-order valence-corrected chi connectivity index (χ4v) is 3.68. The molecule has 0 unspecified atom stereocenters. The van der Waals surface area contributed by atoms with E-state index in [1.165, 1.54) is 4.90 Å². The number of carbonyl (C=O) groups excluding carboxylic acids is 2. The molecule has 0 radical (unpaired) electrons. The zero-order valence-electron chi connectivity index (χ0n) is 15.4. The van der Waals surface area contributed by atoms with Gasteiger partial charge in [-0.05, 0) is 43.7 Å². The topological polar surface area (TPSA) is 49.4 Å². The number of benzene rings is 2. The van der Waals surface area contributed by atoms with Gasteiger partial charge in [0.1, 0.15) is 6.04 Å². The first-order valence-corrected chi connectivity index (χ1v) is 10.2. The molecule has 8 heteroatoms. The molecule has 150 valence electrons. The molecule has 0 aliphatic heterocycles. The van der Waals surface area contributed by atoms with Crippen LogP contribution < -0.4 is 5.32 Å². The summed E-state index contributed by atoms with van der Waals surface area (Å²) < 4.78 is 0. The van der Waals surface area contributed by atoms with Gasteiger partial charge in [-0.1, -0.05) is 58.5 Å². The molecule has 0 fully saturated rings. The molecule has 0 saturated heterocycles. The van der Waals surface area contributed by atoms with Crippen LogP contribution in [0.15, 0.2) is 36.4 Å². The Morgan fingerprint density at radius 2 is 1.68 bits per heavy atom. The van der Waals surface area contributed by atoms with Crippen LogP contribution in [0, 0.1) is 0 Å². The van der Waals surface area contributed by atoms with Crippen LogP contribution in [-0.4, -0.2) is 29.3 Å². The van der Waals surface area contributed by atoms with E-state index in [-0.39, 0.29) is 24.8 Å². The van der Waals surface area contributed by atoms with E-state index in [2.05, 4.69) is 5.32 Å². The Hall–Kier alpha value is -1.46. The van der Waals surface area contributed by atoms with Crippen molar-refractivity contribution in [2.75, 3.05) is 6.54 Å². The lowest BCUT2D eigenvalue weighted by molar-refractivity contribution is -0.140. The van der Waals surface area contributed by atoms with E-state index < -0.39 is 6.04 Å². The molecule has 0 heterocycles. The zero-order valence-corrected chi connectivity index (χ0v) is 18.5. The van der Waals surface area contributed by atoms with Crippen molar-refractivity contribution in [3.63, 3.8) is 0 Å². The van der Waals surface area contributed by atoms with E-state index in [1.807, 2.05) is 6.92 Å². The first-order chi connectivity index (χ1) is 13.2. The highest BCUT2D eigenvalue weighted by Gasteiger charge is 2.27. The number of hydrogen-bond donors (Lipinski definition) is 1. The maximum absolute atomic E-state index is 13.1. The van der Waals surface area contributed by atoms with Crippen LogP contribution in [0.4, 0.5) is 0 Å². The highest BCUT2D eigenvalue weighted by atomic mass is 35.5. The first kappa shape index (κ1) is 22.8. The molecular formula is C20H20Cl4N2O2. The number of nitrogens with zero attached hydrogens (tertiary/aromatic N) is 1. The van der Waals surface area contributed by atoms with E-state index in [4.69, 9.17) is 46.4 Å². The molecule has 1 atom stereocenters. The molecule has 28 heavy (non-hydrogen) atoms. The van der Waals surface area contributed by atoms with Crippen molar-refractivity contribution in [3.8, 4) is 0 Å². The maximum Gasteiger partial charge on any atom is 0.242 e. The minimum atomic E-state index is -0.717. The molecule has 2 aromatic carbocycles. The smallest absolute Gasteiger partial charge is 0.242 e. The molecule has 2 aromatic rings. The summed E-state index contributed by atoms with van der Waals surface area (Å²) in [5.41, 5.74) is 1.20. The Labute approximate surface area is 184 Å². The number of likely N-dealkylation sites (N-methyl/N-ethyl adjacent to an activating group) is 1. The number of hydrogen-bond acceptors (Lipinski definition) is 2. The van der Waals surface area contributed by atoms with Crippen molar-refractivity contribution in [2.24, 2.45) is 0 Å². The Bertz CT molecular complexity index is 853. The van der Waals surface area contributed by atoms with Crippen molar-refractivity contribution >= 4 is 58.2 Å². The second-order valence-corrected chi connectivity index (χ2v) is 7.86. The maximum atomic E-state index is 13.1. The van der Waals surface area contributed by atoms with Crippen molar-refractivity contribution in [2.45, 2.75) is 32.9 Å². The van der Waals surface area contributed by atoms with Crippen molar-refractivity contribution < 1.29 is 9.59 Å². The van der Waals surface area contributed by atoms with Gasteiger partial charge in [0.2, 0.25) is 11.8 Å². The highest BCUT2D eigenvalue weighted by Crippen LogP contribution is 2.27. The highest BCUT2D eigenvalue weighted by molar-refractivity contribution is 6.36. The van der Waals surface area contributed by atoms with Gasteiger partial charge in [-0.2, -0.15) is 0 Å². The lowest BCUT2D eigenvalue weighted by Gasteiger charge is -2.29. The normalized spacial score (nSPS) is 11.8. The zero-order chi connectivity index (χ0) is 20.8. The summed E-state index contributed by atoms with van der Waals surface area (Å²) in [7, 11) is 0. The fourth-order valence-electron chi connectivity index (χ4n) is 2.69. The molecule has 0 aliphatic carbocycles. The van der Waals surface area contributed by atoms with Crippen molar-refractivity contribution in [1.29, 1.82) is 0 Å². The van der Waals surface area contributed by atoms with E-state index >= 15 is 0 Å². The summed E-state index contributed by atoms with van der Waals surface area (Å²) in [6.45, 7) is 4.04. The second-order valence-electron chi connectivity index (χ2n) is 6.20. The van der Waals surface area contributed by atoms with Crippen LogP contribution in [0.25, 0.3) is 0 Å². The number of halogens is 4. The summed E-state index contributed by atoms with van der Waals surface area (Å²) in [6.07, 6.45) is 0.0157. The molecule has 0 aliphatic rings. The SMILES string of the molecule is CCNC(=O)[C@@H](C)N(Cc1c(Cl)cccc1Cl)C(=O)Cc1ccc(Cl)cc1Cl. The molecule has 2 rings (SSSR count). The Kier molecular flexibility index (Phi) is 8.44. The number of amides is 2. The molecule has 2 amide bonds. The molecular weight excluding hydrogens is 442 g/mol. The predicted molar refractivity (Wildman–Crippen MR) is 115 cm³/mol. The molecule has 0 spiro atoms. The van der Waals surface area contributed by atoms with Crippen LogP contribution in [0.5, 0.6) is 0 Å². The number of nitrogens with one attached hydrogen (secondary N) is 1. The van der Waals surface area contributed by atoms with E-state index in [0.29, 0.717) is 37.8 Å². The number of rotatable bonds is 7.